The Balaban J connectivity index is 2.31. The summed E-state index contributed by atoms with van der Waals surface area (Å²) in [6.07, 6.45) is 3.27. The highest BCUT2D eigenvalue weighted by atomic mass is 35.5. The Labute approximate surface area is 150 Å². The highest BCUT2D eigenvalue weighted by Crippen LogP contribution is 2.33. The topological polar surface area (TPSA) is 36.4 Å². The number of benzene rings is 1. The van der Waals surface area contributed by atoms with Crippen LogP contribution in [0.25, 0.3) is 0 Å². The Morgan fingerprint density at radius 1 is 1.17 bits per heavy atom. The molecule has 0 radical (unpaired) electrons. The number of ketones is 1. The Kier molecular flexibility index (Phi) is 5.68. The minimum Gasteiger partial charge on any atom is -0.383 e. The molecule has 0 N–H and O–H groups in total. The molecule has 0 bridgehead atoms. The molecule has 1 heterocycles. The number of aromatic nitrogens is 1. The van der Waals surface area contributed by atoms with E-state index in [9.17, 15) is 4.79 Å². The van der Waals surface area contributed by atoms with Crippen LogP contribution >= 0.6 is 34.5 Å². The minimum atomic E-state index is -0.0579. The third-order valence-corrected chi connectivity index (χ3v) is 4.74. The zero-order valence-corrected chi connectivity index (χ0v) is 15.6. The number of allylic oxidation sites excluding steroid dienone is 1. The van der Waals surface area contributed by atoms with Gasteiger partial charge in [0.05, 0.1) is 10.6 Å². The first-order chi connectivity index (χ1) is 10.8. The van der Waals surface area contributed by atoms with Crippen molar-refractivity contribution >= 4 is 51.1 Å². The van der Waals surface area contributed by atoms with Gasteiger partial charge in [-0.25, -0.2) is 4.98 Å². The molecular weight excluding hydrogens is 353 g/mol. The number of aryl methyl sites for hydroxylation is 1. The molecule has 23 heavy (non-hydrogen) atoms. The third-order valence-electron chi connectivity index (χ3n) is 3.05. The molecule has 0 saturated carbocycles. The summed E-state index contributed by atoms with van der Waals surface area (Å²) in [7, 11) is 5.60. The van der Waals surface area contributed by atoms with Gasteiger partial charge in [-0.2, -0.15) is 0 Å². The van der Waals surface area contributed by atoms with E-state index >= 15 is 0 Å². The van der Waals surface area contributed by atoms with Crippen molar-refractivity contribution in [2.45, 2.75) is 6.92 Å². The first kappa shape index (κ1) is 17.8. The second-order valence-corrected chi connectivity index (χ2v) is 7.09. The molecule has 7 heteroatoms. The maximum absolute atomic E-state index is 12.2. The zero-order chi connectivity index (χ0) is 17.1. The van der Waals surface area contributed by atoms with Gasteiger partial charge >= 0.3 is 0 Å². The maximum atomic E-state index is 12.2. The van der Waals surface area contributed by atoms with Gasteiger partial charge in [0.2, 0.25) is 0 Å². The normalized spacial score (nSPS) is 11.0. The number of thiazole rings is 1. The van der Waals surface area contributed by atoms with Crippen LogP contribution in [0.3, 0.4) is 0 Å². The monoisotopic (exact) mass is 369 g/mol. The minimum absolute atomic E-state index is 0.0579. The summed E-state index contributed by atoms with van der Waals surface area (Å²) in [4.78, 5) is 21.0. The Hall–Kier alpha value is -1.56. The molecule has 0 aliphatic rings. The van der Waals surface area contributed by atoms with Crippen LogP contribution in [-0.2, 0) is 0 Å². The van der Waals surface area contributed by atoms with E-state index in [1.165, 1.54) is 11.3 Å². The lowest BCUT2D eigenvalue weighted by Crippen LogP contribution is -2.08. The SMILES string of the molecule is Cc1nc(N(C)c2cc(Cl)cc(Cl)c2)sc1C(=O)C=CN(C)C. The predicted octanol–water partition coefficient (Wildman–Crippen LogP) is 4.78. The highest BCUT2D eigenvalue weighted by molar-refractivity contribution is 7.17. The van der Waals surface area contributed by atoms with Crippen molar-refractivity contribution in [1.29, 1.82) is 0 Å². The Morgan fingerprint density at radius 3 is 2.35 bits per heavy atom. The van der Waals surface area contributed by atoms with Gasteiger partial charge in [-0.15, -0.1) is 0 Å². The molecule has 0 spiro atoms. The summed E-state index contributed by atoms with van der Waals surface area (Å²) in [6, 6.07) is 5.28. The predicted molar refractivity (Wildman–Crippen MR) is 98.5 cm³/mol. The van der Waals surface area contributed by atoms with E-state index in [-0.39, 0.29) is 5.78 Å². The fourth-order valence-corrected chi connectivity index (χ4v) is 3.37. The molecule has 1 aromatic heterocycles. The van der Waals surface area contributed by atoms with Crippen LogP contribution in [0.15, 0.2) is 30.5 Å². The molecule has 0 unspecified atom stereocenters. The summed E-state index contributed by atoms with van der Waals surface area (Å²) in [5.74, 6) is -0.0579. The number of carbonyl (C=O) groups is 1. The molecule has 122 valence electrons. The van der Waals surface area contributed by atoms with Gasteiger partial charge in [0, 0.05) is 49.2 Å². The van der Waals surface area contributed by atoms with Gasteiger partial charge in [0.25, 0.3) is 0 Å². The lowest BCUT2D eigenvalue weighted by Gasteiger charge is -2.16. The molecule has 2 aromatic rings. The number of hydrogen-bond donors (Lipinski definition) is 0. The van der Waals surface area contributed by atoms with Gasteiger partial charge in [0.1, 0.15) is 0 Å². The third kappa shape index (κ3) is 4.47. The van der Waals surface area contributed by atoms with Crippen LogP contribution in [0.2, 0.25) is 10.0 Å². The van der Waals surface area contributed by atoms with Gasteiger partial charge in [-0.05, 0) is 25.1 Å². The smallest absolute Gasteiger partial charge is 0.199 e. The zero-order valence-electron chi connectivity index (χ0n) is 13.3. The van der Waals surface area contributed by atoms with E-state index in [4.69, 9.17) is 23.2 Å². The standard InChI is InChI=1S/C16H17Cl2N3OS/c1-10-15(14(22)5-6-20(2)3)23-16(19-10)21(4)13-8-11(17)7-12(18)9-13/h5-9H,1-4H3. The summed E-state index contributed by atoms with van der Waals surface area (Å²) in [5.41, 5.74) is 1.53. The van der Waals surface area contributed by atoms with Gasteiger partial charge in [0.15, 0.2) is 10.9 Å². The number of halogens is 2. The molecular formula is C16H17Cl2N3OS. The average molecular weight is 370 g/mol. The molecule has 0 saturated heterocycles. The Bertz CT molecular complexity index is 736. The summed E-state index contributed by atoms with van der Waals surface area (Å²) in [5, 5.41) is 1.82. The molecule has 0 atom stereocenters. The van der Waals surface area contributed by atoms with E-state index in [1.807, 2.05) is 37.9 Å². The Morgan fingerprint density at radius 2 is 1.78 bits per heavy atom. The van der Waals surface area contributed by atoms with Gasteiger partial charge in [-0.3, -0.25) is 4.79 Å². The van der Waals surface area contributed by atoms with Crippen LogP contribution < -0.4 is 4.90 Å². The van der Waals surface area contributed by atoms with Crippen molar-refractivity contribution < 1.29 is 4.79 Å². The fraction of sp³-hybridized carbons (Fsp3) is 0.250. The van der Waals surface area contributed by atoms with Crippen LogP contribution in [0.4, 0.5) is 10.8 Å². The highest BCUT2D eigenvalue weighted by Gasteiger charge is 2.17. The second kappa shape index (κ2) is 7.34. The first-order valence-corrected chi connectivity index (χ1v) is 8.41. The van der Waals surface area contributed by atoms with E-state index in [0.29, 0.717) is 25.7 Å². The maximum Gasteiger partial charge on any atom is 0.199 e. The van der Waals surface area contributed by atoms with E-state index in [1.54, 1.807) is 30.5 Å². The fourth-order valence-electron chi connectivity index (χ4n) is 1.89. The summed E-state index contributed by atoms with van der Waals surface area (Å²) < 4.78 is 0. The molecule has 2 rings (SSSR count). The quantitative estimate of drug-likeness (QED) is 0.560. The number of rotatable bonds is 5. The van der Waals surface area contributed by atoms with Crippen LogP contribution in [0.1, 0.15) is 15.4 Å². The number of anilines is 2. The largest absolute Gasteiger partial charge is 0.383 e. The molecule has 0 fully saturated rings. The summed E-state index contributed by atoms with van der Waals surface area (Å²) in [6.45, 7) is 1.83. The van der Waals surface area contributed by atoms with E-state index < -0.39 is 0 Å². The molecule has 1 aromatic carbocycles. The van der Waals surface area contributed by atoms with Gasteiger partial charge in [-0.1, -0.05) is 34.5 Å². The van der Waals surface area contributed by atoms with Crippen molar-refractivity contribution in [2.75, 3.05) is 26.0 Å². The first-order valence-electron chi connectivity index (χ1n) is 6.84. The number of carbonyl (C=O) groups excluding carboxylic acids is 1. The van der Waals surface area contributed by atoms with Crippen LogP contribution in [0.5, 0.6) is 0 Å². The van der Waals surface area contributed by atoms with Crippen molar-refractivity contribution in [2.24, 2.45) is 0 Å². The van der Waals surface area contributed by atoms with E-state index in [2.05, 4.69) is 4.98 Å². The van der Waals surface area contributed by atoms with Crippen molar-refractivity contribution in [3.8, 4) is 0 Å². The van der Waals surface area contributed by atoms with E-state index in [0.717, 1.165) is 5.69 Å². The summed E-state index contributed by atoms with van der Waals surface area (Å²) >= 11 is 13.4. The molecule has 4 nitrogen and oxygen atoms in total. The van der Waals surface area contributed by atoms with Crippen LogP contribution in [0, 0.1) is 6.92 Å². The van der Waals surface area contributed by atoms with Crippen molar-refractivity contribution in [3.05, 3.63) is 51.1 Å². The van der Waals surface area contributed by atoms with Crippen LogP contribution in [-0.4, -0.2) is 36.8 Å². The average Bonchev–Trinajstić information content (AvgIpc) is 2.85. The molecule has 0 aliphatic heterocycles. The molecule has 0 aliphatic carbocycles. The number of hydrogen-bond acceptors (Lipinski definition) is 5. The van der Waals surface area contributed by atoms with Gasteiger partial charge < -0.3 is 9.80 Å². The lowest BCUT2D eigenvalue weighted by atomic mass is 10.3. The lowest BCUT2D eigenvalue weighted by molar-refractivity contribution is 0.104. The van der Waals surface area contributed by atoms with Crippen molar-refractivity contribution in [1.82, 2.24) is 9.88 Å². The number of nitrogens with zero attached hydrogens (tertiary/aromatic N) is 3. The second-order valence-electron chi connectivity index (χ2n) is 5.24. The van der Waals surface area contributed by atoms with Crippen molar-refractivity contribution in [3.63, 3.8) is 0 Å². The molecule has 0 amide bonds.